The summed E-state index contributed by atoms with van der Waals surface area (Å²) in [6.45, 7) is 15.8. The number of allylic oxidation sites excluding steroid dienone is 2. The smallest absolute Gasteiger partial charge is 0.222 e. The number of hydrogen-bond donors (Lipinski definition) is 1. The fourth-order valence-corrected chi connectivity index (χ4v) is 2.95. The lowest BCUT2D eigenvalue weighted by atomic mass is 9.73. The van der Waals surface area contributed by atoms with Gasteiger partial charge in [0.1, 0.15) is 6.23 Å². The van der Waals surface area contributed by atoms with Gasteiger partial charge in [0.05, 0.1) is 0 Å². The Labute approximate surface area is 167 Å². The van der Waals surface area contributed by atoms with E-state index in [9.17, 15) is 9.90 Å². The maximum atomic E-state index is 12.1. The van der Waals surface area contributed by atoms with E-state index in [-0.39, 0.29) is 22.8 Å². The molecule has 0 rings (SSSR count). The molecule has 0 aliphatic heterocycles. The SMILES string of the molecule is C=CC(C)(CCN(C)C(O)CN(C)C(C)(C)C=CC)C(C)CC(=O)N(C)C. The Morgan fingerprint density at radius 3 is 2.19 bits per heavy atom. The average Bonchev–Trinajstić information content (AvgIpc) is 2.58. The largest absolute Gasteiger partial charge is 0.377 e. The molecule has 5 heteroatoms. The number of nitrogens with zero attached hydrogens (tertiary/aromatic N) is 3. The molecule has 5 nitrogen and oxygen atoms in total. The molecule has 158 valence electrons. The Hall–Kier alpha value is -1.17. The van der Waals surface area contributed by atoms with E-state index in [1.807, 2.05) is 38.1 Å². The van der Waals surface area contributed by atoms with Crippen molar-refractivity contribution in [2.75, 3.05) is 41.3 Å². The predicted octanol–water partition coefficient (Wildman–Crippen LogP) is 3.22. The Balaban J connectivity index is 4.81. The molecular weight excluding hydrogens is 338 g/mol. The summed E-state index contributed by atoms with van der Waals surface area (Å²) in [5.74, 6) is 0.323. The van der Waals surface area contributed by atoms with Crippen molar-refractivity contribution in [3.8, 4) is 0 Å². The lowest BCUT2D eigenvalue weighted by Gasteiger charge is -2.38. The van der Waals surface area contributed by atoms with Gasteiger partial charge in [-0.15, -0.1) is 6.58 Å². The van der Waals surface area contributed by atoms with Crippen LogP contribution in [-0.4, -0.2) is 78.8 Å². The summed E-state index contributed by atoms with van der Waals surface area (Å²) in [5.41, 5.74) is -0.261. The minimum absolute atomic E-state index is 0.104. The normalized spacial score (nSPS) is 17.2. The number of rotatable bonds is 12. The molecule has 0 saturated carbocycles. The van der Waals surface area contributed by atoms with Crippen LogP contribution < -0.4 is 0 Å². The number of aliphatic hydroxyl groups is 1. The molecule has 0 radical (unpaired) electrons. The number of β-amino-alcohol motifs (C(OH)–C–C–N with tert-alkyl or cyclic N) is 1. The summed E-state index contributed by atoms with van der Waals surface area (Å²) in [4.78, 5) is 17.8. The molecule has 0 aromatic heterocycles. The molecular formula is C22H43N3O2. The zero-order valence-electron chi connectivity index (χ0n) is 19.1. The highest BCUT2D eigenvalue weighted by atomic mass is 16.3. The monoisotopic (exact) mass is 381 g/mol. The van der Waals surface area contributed by atoms with Gasteiger partial charge >= 0.3 is 0 Å². The maximum Gasteiger partial charge on any atom is 0.222 e. The first-order chi connectivity index (χ1) is 12.3. The minimum Gasteiger partial charge on any atom is -0.377 e. The van der Waals surface area contributed by atoms with E-state index in [0.29, 0.717) is 13.0 Å². The van der Waals surface area contributed by atoms with Gasteiger partial charge in [-0.25, -0.2) is 0 Å². The number of amides is 1. The predicted molar refractivity (Wildman–Crippen MR) is 116 cm³/mol. The molecule has 3 unspecified atom stereocenters. The van der Waals surface area contributed by atoms with Crippen LogP contribution in [0.4, 0.5) is 0 Å². The fourth-order valence-electron chi connectivity index (χ4n) is 2.95. The summed E-state index contributed by atoms with van der Waals surface area (Å²) in [6, 6.07) is 0. The molecule has 0 aliphatic rings. The highest BCUT2D eigenvalue weighted by Crippen LogP contribution is 2.35. The van der Waals surface area contributed by atoms with Crippen molar-refractivity contribution in [1.29, 1.82) is 0 Å². The van der Waals surface area contributed by atoms with Gasteiger partial charge in [0.2, 0.25) is 5.91 Å². The van der Waals surface area contributed by atoms with E-state index in [1.54, 1.807) is 19.0 Å². The van der Waals surface area contributed by atoms with Crippen molar-refractivity contribution in [2.24, 2.45) is 11.3 Å². The van der Waals surface area contributed by atoms with Gasteiger partial charge in [-0.2, -0.15) is 0 Å². The molecule has 1 N–H and O–H groups in total. The van der Waals surface area contributed by atoms with Crippen LogP contribution in [0, 0.1) is 11.3 Å². The maximum absolute atomic E-state index is 12.1. The first-order valence-electron chi connectivity index (χ1n) is 9.87. The van der Waals surface area contributed by atoms with Gasteiger partial charge in [-0.1, -0.05) is 32.1 Å². The number of hydrogen-bond acceptors (Lipinski definition) is 4. The second kappa shape index (κ2) is 11.0. The number of likely N-dealkylation sites (N-methyl/N-ethyl adjacent to an activating group) is 2. The number of carbonyl (C=O) groups excluding carboxylic acids is 1. The number of carbonyl (C=O) groups is 1. The molecule has 0 fully saturated rings. The van der Waals surface area contributed by atoms with Crippen LogP contribution in [0.15, 0.2) is 24.8 Å². The van der Waals surface area contributed by atoms with Crippen molar-refractivity contribution in [1.82, 2.24) is 14.7 Å². The van der Waals surface area contributed by atoms with Gasteiger partial charge in [0.15, 0.2) is 0 Å². The molecule has 27 heavy (non-hydrogen) atoms. The topological polar surface area (TPSA) is 47.0 Å². The molecule has 3 atom stereocenters. The Bertz CT molecular complexity index is 502. The van der Waals surface area contributed by atoms with Crippen LogP contribution in [-0.2, 0) is 4.79 Å². The Kier molecular flexibility index (Phi) is 10.5. The summed E-state index contributed by atoms with van der Waals surface area (Å²) in [7, 11) is 7.55. The standard InChI is InChI=1S/C22H43N3O2/c1-11-13-21(4,5)25(10)17-20(27)24(9)15-14-22(6,12-2)18(3)16-19(26)23(7)8/h11-13,18,20,27H,2,14-17H2,1,3-10H3. The van der Waals surface area contributed by atoms with Crippen molar-refractivity contribution in [3.05, 3.63) is 24.8 Å². The van der Waals surface area contributed by atoms with E-state index < -0.39 is 6.23 Å². The fraction of sp³-hybridized carbons (Fsp3) is 0.773. The Morgan fingerprint density at radius 2 is 1.74 bits per heavy atom. The van der Waals surface area contributed by atoms with Gasteiger partial charge in [-0.3, -0.25) is 14.6 Å². The summed E-state index contributed by atoms with van der Waals surface area (Å²) >= 11 is 0. The van der Waals surface area contributed by atoms with Gasteiger partial charge in [-0.05, 0) is 52.6 Å². The van der Waals surface area contributed by atoms with Crippen LogP contribution >= 0.6 is 0 Å². The van der Waals surface area contributed by atoms with Crippen molar-refractivity contribution in [3.63, 3.8) is 0 Å². The highest BCUT2D eigenvalue weighted by molar-refractivity contribution is 5.75. The summed E-state index contributed by atoms with van der Waals surface area (Å²) in [5, 5.41) is 10.6. The lowest BCUT2D eigenvalue weighted by Crippen LogP contribution is -2.48. The van der Waals surface area contributed by atoms with E-state index in [2.05, 4.69) is 45.2 Å². The summed E-state index contributed by atoms with van der Waals surface area (Å²) in [6.07, 6.45) is 6.93. The van der Waals surface area contributed by atoms with E-state index in [1.165, 1.54) is 0 Å². The summed E-state index contributed by atoms with van der Waals surface area (Å²) < 4.78 is 0. The van der Waals surface area contributed by atoms with Crippen LogP contribution in [0.1, 0.15) is 47.5 Å². The van der Waals surface area contributed by atoms with Crippen LogP contribution in [0.5, 0.6) is 0 Å². The van der Waals surface area contributed by atoms with Gasteiger partial charge < -0.3 is 10.0 Å². The third-order valence-corrected chi connectivity index (χ3v) is 6.08. The molecule has 1 amide bonds. The van der Waals surface area contributed by atoms with E-state index in [0.717, 1.165) is 13.0 Å². The first kappa shape index (κ1) is 25.8. The second-order valence-electron chi connectivity index (χ2n) is 8.85. The highest BCUT2D eigenvalue weighted by Gasteiger charge is 2.31. The minimum atomic E-state index is -0.549. The molecule has 0 aliphatic carbocycles. The molecule has 0 aromatic carbocycles. The van der Waals surface area contributed by atoms with Gasteiger partial charge in [0.25, 0.3) is 0 Å². The average molecular weight is 382 g/mol. The van der Waals surface area contributed by atoms with E-state index >= 15 is 0 Å². The third kappa shape index (κ3) is 8.16. The van der Waals surface area contributed by atoms with Crippen LogP contribution in [0.2, 0.25) is 0 Å². The number of aliphatic hydroxyl groups excluding tert-OH is 1. The van der Waals surface area contributed by atoms with E-state index in [4.69, 9.17) is 0 Å². The molecule has 0 saturated heterocycles. The first-order valence-corrected chi connectivity index (χ1v) is 9.87. The zero-order chi connectivity index (χ0) is 21.4. The molecule has 0 heterocycles. The zero-order valence-corrected chi connectivity index (χ0v) is 19.1. The molecule has 0 aromatic rings. The third-order valence-electron chi connectivity index (χ3n) is 6.08. The van der Waals surface area contributed by atoms with Gasteiger partial charge in [0, 0.05) is 39.1 Å². The lowest BCUT2D eigenvalue weighted by molar-refractivity contribution is -0.130. The molecule has 0 bridgehead atoms. The van der Waals surface area contributed by atoms with Crippen molar-refractivity contribution in [2.45, 2.75) is 59.2 Å². The molecule has 0 spiro atoms. The Morgan fingerprint density at radius 1 is 1.19 bits per heavy atom. The van der Waals surface area contributed by atoms with Crippen LogP contribution in [0.25, 0.3) is 0 Å². The van der Waals surface area contributed by atoms with Crippen molar-refractivity contribution >= 4 is 5.91 Å². The van der Waals surface area contributed by atoms with Crippen LogP contribution in [0.3, 0.4) is 0 Å². The van der Waals surface area contributed by atoms with Crippen molar-refractivity contribution < 1.29 is 9.90 Å². The second-order valence-corrected chi connectivity index (χ2v) is 8.85. The quantitative estimate of drug-likeness (QED) is 0.416.